The third kappa shape index (κ3) is 5.79. The summed E-state index contributed by atoms with van der Waals surface area (Å²) in [7, 11) is 1.65. The SMILES string of the molecule is CN(Cc1ccc(Cl)s1)C(=O)COC(=O)c1ccc(OCc2cscn2)cc1. The van der Waals surface area contributed by atoms with E-state index in [1.54, 1.807) is 42.9 Å². The maximum atomic E-state index is 12.1. The van der Waals surface area contributed by atoms with Crippen LogP contribution in [0.15, 0.2) is 47.3 Å². The molecule has 0 atom stereocenters. The van der Waals surface area contributed by atoms with E-state index in [1.165, 1.54) is 27.6 Å². The van der Waals surface area contributed by atoms with Crippen molar-refractivity contribution in [1.29, 1.82) is 0 Å². The predicted octanol–water partition coefficient (Wildman–Crippen LogP) is 4.25. The number of halogens is 1. The van der Waals surface area contributed by atoms with Gasteiger partial charge in [0.25, 0.3) is 5.91 Å². The molecule has 6 nitrogen and oxygen atoms in total. The van der Waals surface area contributed by atoms with Gasteiger partial charge in [0.05, 0.1) is 27.6 Å². The maximum Gasteiger partial charge on any atom is 0.338 e. The molecule has 0 aliphatic heterocycles. The summed E-state index contributed by atoms with van der Waals surface area (Å²) in [6, 6.07) is 10.2. The van der Waals surface area contributed by atoms with Gasteiger partial charge in [0.2, 0.25) is 0 Å². The molecule has 1 aromatic carbocycles. The number of thiophene rings is 1. The molecule has 0 spiro atoms. The Morgan fingerprint density at radius 2 is 1.96 bits per heavy atom. The van der Waals surface area contributed by atoms with E-state index in [4.69, 9.17) is 21.1 Å². The van der Waals surface area contributed by atoms with E-state index in [2.05, 4.69) is 4.98 Å². The number of amides is 1. The monoisotopic (exact) mass is 436 g/mol. The Morgan fingerprint density at radius 1 is 1.18 bits per heavy atom. The minimum atomic E-state index is -0.563. The molecule has 2 aromatic heterocycles. The fourth-order valence-corrected chi connectivity index (χ4v) is 3.92. The number of thiazole rings is 1. The lowest BCUT2D eigenvalue weighted by atomic mass is 10.2. The van der Waals surface area contributed by atoms with Crippen molar-refractivity contribution >= 4 is 46.2 Å². The summed E-state index contributed by atoms with van der Waals surface area (Å²) < 4.78 is 11.4. The number of likely N-dealkylation sites (N-methyl/N-ethyl adjacent to an activating group) is 1. The maximum absolute atomic E-state index is 12.1. The molecule has 0 aliphatic carbocycles. The van der Waals surface area contributed by atoms with Gasteiger partial charge in [-0.15, -0.1) is 22.7 Å². The van der Waals surface area contributed by atoms with Gasteiger partial charge in [-0.3, -0.25) is 4.79 Å². The lowest BCUT2D eigenvalue weighted by Gasteiger charge is -2.16. The molecule has 28 heavy (non-hydrogen) atoms. The zero-order valence-electron chi connectivity index (χ0n) is 15.0. The summed E-state index contributed by atoms with van der Waals surface area (Å²) in [5.41, 5.74) is 2.94. The molecular weight excluding hydrogens is 420 g/mol. The normalized spacial score (nSPS) is 10.5. The second kappa shape index (κ2) is 9.68. The van der Waals surface area contributed by atoms with Gasteiger partial charge in [0.15, 0.2) is 6.61 Å². The van der Waals surface area contributed by atoms with Crippen LogP contribution in [0, 0.1) is 0 Å². The average Bonchev–Trinajstić information content (AvgIpc) is 3.36. The molecule has 1 amide bonds. The Morgan fingerprint density at radius 3 is 2.61 bits per heavy atom. The van der Waals surface area contributed by atoms with Crippen molar-refractivity contribution in [2.45, 2.75) is 13.2 Å². The van der Waals surface area contributed by atoms with Crippen molar-refractivity contribution < 1.29 is 19.1 Å². The molecular formula is C19H17ClN2O4S2. The third-order valence-corrected chi connectivity index (χ3v) is 5.59. The van der Waals surface area contributed by atoms with E-state index in [9.17, 15) is 9.59 Å². The lowest BCUT2D eigenvalue weighted by Crippen LogP contribution is -2.30. The molecule has 0 unspecified atom stereocenters. The topological polar surface area (TPSA) is 68.7 Å². The van der Waals surface area contributed by atoms with Gasteiger partial charge in [-0.05, 0) is 36.4 Å². The molecule has 0 saturated carbocycles. The summed E-state index contributed by atoms with van der Waals surface area (Å²) in [4.78, 5) is 30.9. The molecule has 2 heterocycles. The highest BCUT2D eigenvalue weighted by Crippen LogP contribution is 2.22. The fourth-order valence-electron chi connectivity index (χ4n) is 2.23. The van der Waals surface area contributed by atoms with Crippen molar-refractivity contribution in [2.24, 2.45) is 0 Å². The van der Waals surface area contributed by atoms with Crippen molar-refractivity contribution in [2.75, 3.05) is 13.7 Å². The number of nitrogens with zero attached hydrogens (tertiary/aromatic N) is 2. The first-order valence-corrected chi connectivity index (χ1v) is 10.4. The average molecular weight is 437 g/mol. The van der Waals surface area contributed by atoms with Crippen LogP contribution >= 0.6 is 34.3 Å². The molecule has 0 aliphatic rings. The fraction of sp³-hybridized carbons (Fsp3) is 0.211. The number of esters is 1. The summed E-state index contributed by atoms with van der Waals surface area (Å²) in [5, 5.41) is 1.91. The smallest absolute Gasteiger partial charge is 0.338 e. The standard InChI is InChI=1S/C19H17ClN2O4S2/c1-22(8-16-6-7-17(20)28-16)18(23)10-26-19(24)13-2-4-15(5-3-13)25-9-14-11-27-12-21-14/h2-7,11-12H,8-10H2,1H3. The first kappa shape index (κ1) is 20.3. The van der Waals surface area contributed by atoms with E-state index in [-0.39, 0.29) is 12.5 Å². The van der Waals surface area contributed by atoms with E-state index >= 15 is 0 Å². The van der Waals surface area contributed by atoms with Crippen LogP contribution in [-0.4, -0.2) is 35.4 Å². The van der Waals surface area contributed by atoms with Crippen LogP contribution in [0.4, 0.5) is 0 Å². The second-order valence-electron chi connectivity index (χ2n) is 5.82. The minimum absolute atomic E-state index is 0.291. The zero-order valence-corrected chi connectivity index (χ0v) is 17.4. The molecule has 3 rings (SSSR count). The summed E-state index contributed by atoms with van der Waals surface area (Å²) in [6.07, 6.45) is 0. The van der Waals surface area contributed by atoms with Crippen LogP contribution in [0.3, 0.4) is 0 Å². The van der Waals surface area contributed by atoms with Gasteiger partial charge >= 0.3 is 5.97 Å². The number of rotatable bonds is 8. The van der Waals surface area contributed by atoms with E-state index in [0.29, 0.717) is 28.8 Å². The van der Waals surface area contributed by atoms with Gasteiger partial charge in [-0.1, -0.05) is 11.6 Å². The Hall–Kier alpha value is -2.42. The molecule has 0 bridgehead atoms. The largest absolute Gasteiger partial charge is 0.487 e. The summed E-state index contributed by atoms with van der Waals surface area (Å²) in [5.74, 6) is -0.233. The van der Waals surface area contributed by atoms with E-state index in [0.717, 1.165) is 10.6 Å². The first-order chi connectivity index (χ1) is 13.5. The van der Waals surface area contributed by atoms with Gasteiger partial charge in [-0.2, -0.15) is 0 Å². The van der Waals surface area contributed by atoms with Gasteiger partial charge in [0, 0.05) is 17.3 Å². The second-order valence-corrected chi connectivity index (χ2v) is 8.34. The van der Waals surface area contributed by atoms with Gasteiger partial charge < -0.3 is 14.4 Å². The van der Waals surface area contributed by atoms with E-state index < -0.39 is 5.97 Å². The van der Waals surface area contributed by atoms with Crippen molar-refractivity contribution in [3.05, 3.63) is 67.8 Å². The Bertz CT molecular complexity index is 926. The highest BCUT2D eigenvalue weighted by atomic mass is 35.5. The van der Waals surface area contributed by atoms with Crippen LogP contribution in [0.2, 0.25) is 4.34 Å². The Kier molecular flexibility index (Phi) is 7.02. The van der Waals surface area contributed by atoms with Crippen LogP contribution in [0.25, 0.3) is 0 Å². The quantitative estimate of drug-likeness (QED) is 0.494. The first-order valence-electron chi connectivity index (χ1n) is 8.26. The van der Waals surface area contributed by atoms with Crippen LogP contribution in [0.5, 0.6) is 5.75 Å². The van der Waals surface area contributed by atoms with Gasteiger partial charge in [-0.25, -0.2) is 9.78 Å². The number of carbonyl (C=O) groups excluding carboxylic acids is 2. The predicted molar refractivity (Wildman–Crippen MR) is 109 cm³/mol. The molecule has 3 aromatic rings. The highest BCUT2D eigenvalue weighted by Gasteiger charge is 2.14. The molecule has 0 fully saturated rings. The number of aromatic nitrogens is 1. The molecule has 9 heteroatoms. The number of hydrogen-bond donors (Lipinski definition) is 0. The molecule has 146 valence electrons. The lowest BCUT2D eigenvalue weighted by molar-refractivity contribution is -0.133. The van der Waals surface area contributed by atoms with Crippen LogP contribution in [-0.2, 0) is 22.7 Å². The Balaban J connectivity index is 1.45. The number of benzene rings is 1. The highest BCUT2D eigenvalue weighted by molar-refractivity contribution is 7.16. The van der Waals surface area contributed by atoms with Crippen molar-refractivity contribution in [3.8, 4) is 5.75 Å². The zero-order chi connectivity index (χ0) is 19.9. The molecule has 0 saturated heterocycles. The van der Waals surface area contributed by atoms with Crippen LogP contribution < -0.4 is 4.74 Å². The third-order valence-electron chi connectivity index (χ3n) is 3.73. The summed E-state index contributed by atoms with van der Waals surface area (Å²) in [6.45, 7) is 0.457. The van der Waals surface area contributed by atoms with Crippen LogP contribution in [0.1, 0.15) is 20.9 Å². The number of hydrogen-bond acceptors (Lipinski definition) is 7. The number of ether oxygens (including phenoxy) is 2. The Labute approximate surface area is 175 Å². The van der Waals surface area contributed by atoms with E-state index in [1.807, 2.05) is 11.4 Å². The van der Waals surface area contributed by atoms with Crippen molar-refractivity contribution in [1.82, 2.24) is 9.88 Å². The summed E-state index contributed by atoms with van der Waals surface area (Å²) >= 11 is 8.80. The minimum Gasteiger partial charge on any atom is -0.487 e. The number of carbonyl (C=O) groups is 2. The molecule has 0 radical (unpaired) electrons. The van der Waals surface area contributed by atoms with Crippen molar-refractivity contribution in [3.63, 3.8) is 0 Å². The molecule has 0 N–H and O–H groups in total. The van der Waals surface area contributed by atoms with Gasteiger partial charge in [0.1, 0.15) is 12.4 Å².